The fourth-order valence-electron chi connectivity index (χ4n) is 2.17. The second-order valence-corrected chi connectivity index (χ2v) is 7.43. The molecule has 0 radical (unpaired) electrons. The van der Waals surface area contributed by atoms with E-state index in [4.69, 9.17) is 4.74 Å². The summed E-state index contributed by atoms with van der Waals surface area (Å²) in [4.78, 5) is 24.1. The monoisotopic (exact) mass is 412 g/mol. The molecule has 0 aromatic heterocycles. The van der Waals surface area contributed by atoms with E-state index in [0.717, 1.165) is 18.2 Å². The van der Waals surface area contributed by atoms with E-state index >= 15 is 0 Å². The SMILES string of the molecule is CCNS(=O)(=O)c1ccc(C(=O)O[C@@H](C)C(=O)Nc2c(F)cccc2F)cc1. The summed E-state index contributed by atoms with van der Waals surface area (Å²) in [6.45, 7) is 3.07. The molecule has 28 heavy (non-hydrogen) atoms. The quantitative estimate of drug-likeness (QED) is 0.681. The van der Waals surface area contributed by atoms with Gasteiger partial charge in [0.05, 0.1) is 10.5 Å². The van der Waals surface area contributed by atoms with Crippen LogP contribution in [0.5, 0.6) is 0 Å². The van der Waals surface area contributed by atoms with Crippen molar-refractivity contribution >= 4 is 27.6 Å². The van der Waals surface area contributed by atoms with Gasteiger partial charge in [0.1, 0.15) is 17.3 Å². The fourth-order valence-corrected chi connectivity index (χ4v) is 3.21. The first kappa shape index (κ1) is 21.5. The highest BCUT2D eigenvalue weighted by atomic mass is 32.2. The minimum absolute atomic E-state index is 0.00664. The van der Waals surface area contributed by atoms with Crippen LogP contribution in [0.2, 0.25) is 0 Å². The van der Waals surface area contributed by atoms with Gasteiger partial charge in [-0.15, -0.1) is 0 Å². The molecular weight excluding hydrogens is 394 g/mol. The van der Waals surface area contributed by atoms with E-state index < -0.39 is 45.3 Å². The van der Waals surface area contributed by atoms with Gasteiger partial charge in [-0.25, -0.2) is 26.7 Å². The maximum atomic E-state index is 13.6. The predicted octanol–water partition coefficient (Wildman–Crippen LogP) is 2.45. The number of rotatable bonds is 7. The minimum atomic E-state index is -3.67. The van der Waals surface area contributed by atoms with Crippen molar-refractivity contribution in [2.45, 2.75) is 24.8 Å². The lowest BCUT2D eigenvalue weighted by Gasteiger charge is -2.14. The van der Waals surface area contributed by atoms with E-state index in [1.165, 1.54) is 31.2 Å². The summed E-state index contributed by atoms with van der Waals surface area (Å²) in [5.41, 5.74) is -0.638. The Labute approximate surface area is 160 Å². The maximum absolute atomic E-state index is 13.6. The summed E-state index contributed by atoms with van der Waals surface area (Å²) in [6, 6.07) is 7.98. The molecule has 2 aromatic rings. The van der Waals surface area contributed by atoms with E-state index in [-0.39, 0.29) is 17.0 Å². The molecule has 2 aromatic carbocycles. The van der Waals surface area contributed by atoms with Crippen molar-refractivity contribution in [2.24, 2.45) is 0 Å². The molecular formula is C18H18F2N2O5S. The number of halogens is 2. The van der Waals surface area contributed by atoms with Gasteiger partial charge in [0.15, 0.2) is 6.10 Å². The third kappa shape index (κ3) is 5.11. The number of benzene rings is 2. The second-order valence-electron chi connectivity index (χ2n) is 5.66. The number of hydrogen-bond acceptors (Lipinski definition) is 5. The van der Waals surface area contributed by atoms with Crippen LogP contribution < -0.4 is 10.0 Å². The first-order chi connectivity index (χ1) is 13.2. The van der Waals surface area contributed by atoms with Crippen LogP contribution in [-0.4, -0.2) is 32.9 Å². The van der Waals surface area contributed by atoms with Gasteiger partial charge in [0, 0.05) is 6.54 Å². The highest BCUT2D eigenvalue weighted by Gasteiger charge is 2.22. The lowest BCUT2D eigenvalue weighted by molar-refractivity contribution is -0.123. The summed E-state index contributed by atoms with van der Waals surface area (Å²) in [5.74, 6) is -3.76. The molecule has 0 heterocycles. The number of carbonyl (C=O) groups is 2. The van der Waals surface area contributed by atoms with Crippen LogP contribution in [0.1, 0.15) is 24.2 Å². The lowest BCUT2D eigenvalue weighted by atomic mass is 10.2. The number of esters is 1. The van der Waals surface area contributed by atoms with Crippen molar-refractivity contribution in [1.82, 2.24) is 4.72 Å². The van der Waals surface area contributed by atoms with Crippen molar-refractivity contribution in [3.63, 3.8) is 0 Å². The molecule has 0 aliphatic rings. The van der Waals surface area contributed by atoms with E-state index in [0.29, 0.717) is 0 Å². The molecule has 0 fully saturated rings. The van der Waals surface area contributed by atoms with Crippen LogP contribution in [-0.2, 0) is 19.6 Å². The Morgan fingerprint density at radius 2 is 1.64 bits per heavy atom. The van der Waals surface area contributed by atoms with Crippen LogP contribution in [0.3, 0.4) is 0 Å². The summed E-state index contributed by atoms with van der Waals surface area (Å²) in [6.07, 6.45) is -1.35. The van der Waals surface area contributed by atoms with Gasteiger partial charge in [-0.2, -0.15) is 0 Å². The highest BCUT2D eigenvalue weighted by Crippen LogP contribution is 2.19. The number of anilines is 1. The molecule has 0 unspecified atom stereocenters. The van der Waals surface area contributed by atoms with Crippen molar-refractivity contribution < 1.29 is 31.5 Å². The van der Waals surface area contributed by atoms with Gasteiger partial charge in [0.25, 0.3) is 5.91 Å². The summed E-state index contributed by atoms with van der Waals surface area (Å²) < 4.78 is 58.2. The third-order valence-corrected chi connectivity index (χ3v) is 5.16. The molecule has 0 aliphatic carbocycles. The molecule has 0 bridgehead atoms. The topological polar surface area (TPSA) is 102 Å². The summed E-state index contributed by atoms with van der Waals surface area (Å²) in [7, 11) is -3.67. The Balaban J connectivity index is 2.04. The molecule has 10 heteroatoms. The molecule has 0 spiro atoms. The Hall–Kier alpha value is -2.85. The number of carbonyl (C=O) groups excluding carboxylic acids is 2. The third-order valence-electron chi connectivity index (χ3n) is 3.60. The molecule has 7 nitrogen and oxygen atoms in total. The number of ether oxygens (including phenoxy) is 1. The standard InChI is InChI=1S/C18H18F2N2O5S/c1-3-21-28(25,26)13-9-7-12(8-10-13)18(24)27-11(2)17(23)22-16-14(19)5-4-6-15(16)20/h4-11,21H,3H2,1-2H3,(H,22,23)/t11-/m0/s1. The normalized spacial score (nSPS) is 12.3. The molecule has 1 atom stereocenters. The van der Waals surface area contributed by atoms with Crippen molar-refractivity contribution in [2.75, 3.05) is 11.9 Å². The van der Waals surface area contributed by atoms with Gasteiger partial charge < -0.3 is 10.1 Å². The molecule has 0 saturated carbocycles. The van der Waals surface area contributed by atoms with Crippen LogP contribution in [0.25, 0.3) is 0 Å². The average molecular weight is 412 g/mol. The second kappa shape index (κ2) is 8.89. The zero-order chi connectivity index (χ0) is 20.9. The molecule has 0 aliphatic heterocycles. The van der Waals surface area contributed by atoms with E-state index in [2.05, 4.69) is 4.72 Å². The lowest BCUT2D eigenvalue weighted by Crippen LogP contribution is -2.30. The van der Waals surface area contributed by atoms with Gasteiger partial charge in [-0.05, 0) is 43.3 Å². The molecule has 2 N–H and O–H groups in total. The van der Waals surface area contributed by atoms with Crippen LogP contribution in [0.4, 0.5) is 14.5 Å². The first-order valence-corrected chi connectivity index (χ1v) is 9.69. The number of hydrogen-bond donors (Lipinski definition) is 2. The zero-order valence-electron chi connectivity index (χ0n) is 15.0. The van der Waals surface area contributed by atoms with Crippen LogP contribution in [0.15, 0.2) is 47.4 Å². The number of nitrogens with one attached hydrogen (secondary N) is 2. The van der Waals surface area contributed by atoms with E-state index in [1.807, 2.05) is 5.32 Å². The Kier molecular flexibility index (Phi) is 6.81. The maximum Gasteiger partial charge on any atom is 0.338 e. The summed E-state index contributed by atoms with van der Waals surface area (Å²) in [5, 5.41) is 2.02. The Bertz CT molecular complexity index is 958. The smallest absolute Gasteiger partial charge is 0.338 e. The predicted molar refractivity (Wildman–Crippen MR) is 97.2 cm³/mol. The van der Waals surface area contributed by atoms with Gasteiger partial charge in [-0.1, -0.05) is 13.0 Å². The molecule has 1 amide bonds. The zero-order valence-corrected chi connectivity index (χ0v) is 15.8. The Morgan fingerprint density at radius 1 is 1.07 bits per heavy atom. The molecule has 150 valence electrons. The minimum Gasteiger partial charge on any atom is -0.449 e. The van der Waals surface area contributed by atoms with Gasteiger partial charge in [0.2, 0.25) is 10.0 Å². The molecule has 0 saturated heterocycles. The average Bonchev–Trinajstić information content (AvgIpc) is 2.64. The number of amides is 1. The number of sulfonamides is 1. The van der Waals surface area contributed by atoms with Crippen molar-refractivity contribution in [3.8, 4) is 0 Å². The number of para-hydroxylation sites is 1. The molecule has 2 rings (SSSR count). The van der Waals surface area contributed by atoms with E-state index in [1.54, 1.807) is 6.92 Å². The van der Waals surface area contributed by atoms with Crippen LogP contribution >= 0.6 is 0 Å². The van der Waals surface area contributed by atoms with Gasteiger partial charge in [-0.3, -0.25) is 4.79 Å². The summed E-state index contributed by atoms with van der Waals surface area (Å²) >= 11 is 0. The van der Waals surface area contributed by atoms with Gasteiger partial charge >= 0.3 is 5.97 Å². The fraction of sp³-hybridized carbons (Fsp3) is 0.222. The van der Waals surface area contributed by atoms with E-state index in [9.17, 15) is 26.8 Å². The van der Waals surface area contributed by atoms with Crippen molar-refractivity contribution in [1.29, 1.82) is 0 Å². The highest BCUT2D eigenvalue weighted by molar-refractivity contribution is 7.89. The first-order valence-electron chi connectivity index (χ1n) is 8.21. The largest absolute Gasteiger partial charge is 0.449 e. The Morgan fingerprint density at radius 3 is 2.18 bits per heavy atom. The van der Waals surface area contributed by atoms with Crippen LogP contribution in [0, 0.1) is 11.6 Å². The van der Waals surface area contributed by atoms with Crippen molar-refractivity contribution in [3.05, 3.63) is 59.7 Å².